The van der Waals surface area contributed by atoms with Crippen LogP contribution in [0, 0.1) is 5.82 Å². The number of aromatic nitrogens is 1. The van der Waals surface area contributed by atoms with Crippen LogP contribution in [0.25, 0.3) is 0 Å². The number of urea groups is 1. The standard InChI is InChI=1S/C17H19FN4O2S/c1-12(23)13-2-3-16(15(18)8-13)21-4-6-22(7-5-21)17(24)19-9-14-10-25-11-20-14/h2-3,8,10-11H,4-7,9H2,1H3,(H,19,24). The molecule has 0 spiro atoms. The summed E-state index contributed by atoms with van der Waals surface area (Å²) < 4.78 is 14.2. The lowest BCUT2D eigenvalue weighted by atomic mass is 10.1. The monoisotopic (exact) mass is 362 g/mol. The van der Waals surface area contributed by atoms with Crippen LogP contribution in [0.1, 0.15) is 23.0 Å². The number of amides is 2. The van der Waals surface area contributed by atoms with Gasteiger partial charge in [-0.2, -0.15) is 0 Å². The van der Waals surface area contributed by atoms with E-state index in [1.165, 1.54) is 24.3 Å². The molecule has 2 heterocycles. The second-order valence-corrected chi connectivity index (χ2v) is 6.55. The van der Waals surface area contributed by atoms with Gasteiger partial charge in [0, 0.05) is 37.1 Å². The number of anilines is 1. The lowest BCUT2D eigenvalue weighted by Gasteiger charge is -2.36. The number of hydrogen-bond acceptors (Lipinski definition) is 5. The highest BCUT2D eigenvalue weighted by Gasteiger charge is 2.23. The topological polar surface area (TPSA) is 65.5 Å². The molecule has 1 N–H and O–H groups in total. The van der Waals surface area contributed by atoms with Gasteiger partial charge in [0.25, 0.3) is 0 Å². The first-order valence-electron chi connectivity index (χ1n) is 8.00. The van der Waals surface area contributed by atoms with Crippen molar-refractivity contribution in [3.63, 3.8) is 0 Å². The molecule has 1 fully saturated rings. The van der Waals surface area contributed by atoms with Crippen molar-refractivity contribution in [1.29, 1.82) is 0 Å². The molecule has 0 radical (unpaired) electrons. The SMILES string of the molecule is CC(=O)c1ccc(N2CCN(C(=O)NCc3cscn3)CC2)c(F)c1. The maximum Gasteiger partial charge on any atom is 0.317 e. The van der Waals surface area contributed by atoms with Crippen LogP contribution in [0.2, 0.25) is 0 Å². The molecule has 1 aliphatic rings. The maximum atomic E-state index is 14.2. The van der Waals surface area contributed by atoms with Crippen molar-refractivity contribution in [1.82, 2.24) is 15.2 Å². The number of ketones is 1. The van der Waals surface area contributed by atoms with Gasteiger partial charge in [-0.25, -0.2) is 14.2 Å². The van der Waals surface area contributed by atoms with Crippen LogP contribution in [0.4, 0.5) is 14.9 Å². The predicted molar refractivity (Wildman–Crippen MR) is 94.5 cm³/mol. The van der Waals surface area contributed by atoms with Crippen molar-refractivity contribution in [3.05, 3.63) is 46.2 Å². The fraction of sp³-hybridized carbons (Fsp3) is 0.353. The van der Waals surface area contributed by atoms with Gasteiger partial charge in [0.05, 0.1) is 23.4 Å². The van der Waals surface area contributed by atoms with Crippen LogP contribution in [0.5, 0.6) is 0 Å². The molecule has 1 aromatic carbocycles. The molecule has 1 saturated heterocycles. The third-order valence-electron chi connectivity index (χ3n) is 4.17. The Morgan fingerprint density at radius 2 is 2.04 bits per heavy atom. The second-order valence-electron chi connectivity index (χ2n) is 5.83. The van der Waals surface area contributed by atoms with Crippen molar-refractivity contribution < 1.29 is 14.0 Å². The van der Waals surface area contributed by atoms with Gasteiger partial charge in [0.1, 0.15) is 5.82 Å². The van der Waals surface area contributed by atoms with Crippen molar-refractivity contribution in [2.75, 3.05) is 31.1 Å². The van der Waals surface area contributed by atoms with Gasteiger partial charge in [-0.3, -0.25) is 4.79 Å². The Labute approximate surface area is 149 Å². The Hall–Kier alpha value is -2.48. The van der Waals surface area contributed by atoms with E-state index in [1.54, 1.807) is 22.5 Å². The van der Waals surface area contributed by atoms with Crippen LogP contribution in [0.3, 0.4) is 0 Å². The molecule has 0 bridgehead atoms. The molecule has 132 valence electrons. The number of hydrogen-bond donors (Lipinski definition) is 1. The summed E-state index contributed by atoms with van der Waals surface area (Å²) in [5, 5.41) is 4.74. The van der Waals surface area contributed by atoms with Gasteiger partial charge in [-0.15, -0.1) is 11.3 Å². The van der Waals surface area contributed by atoms with Crippen molar-refractivity contribution in [2.24, 2.45) is 0 Å². The van der Waals surface area contributed by atoms with Crippen LogP contribution in [0.15, 0.2) is 29.1 Å². The van der Waals surface area contributed by atoms with E-state index in [0.717, 1.165) is 5.69 Å². The molecule has 0 atom stereocenters. The number of Topliss-reactive ketones (excluding diaryl/α,β-unsaturated/α-hetero) is 1. The van der Waals surface area contributed by atoms with Gasteiger partial charge >= 0.3 is 6.03 Å². The van der Waals surface area contributed by atoms with E-state index in [1.807, 2.05) is 10.3 Å². The molecule has 25 heavy (non-hydrogen) atoms. The van der Waals surface area contributed by atoms with Crippen molar-refractivity contribution in [3.8, 4) is 0 Å². The number of nitrogens with zero attached hydrogens (tertiary/aromatic N) is 3. The Bertz CT molecular complexity index is 758. The quantitative estimate of drug-likeness (QED) is 0.849. The zero-order valence-corrected chi connectivity index (χ0v) is 14.7. The third kappa shape index (κ3) is 4.14. The molecule has 2 aromatic rings. The van der Waals surface area contributed by atoms with E-state index in [-0.39, 0.29) is 11.8 Å². The minimum atomic E-state index is -0.408. The summed E-state index contributed by atoms with van der Waals surface area (Å²) in [5.74, 6) is -0.568. The molecule has 8 heteroatoms. The molecule has 2 amide bonds. The van der Waals surface area contributed by atoms with E-state index >= 15 is 0 Å². The van der Waals surface area contributed by atoms with Gasteiger partial charge in [0.2, 0.25) is 0 Å². The average molecular weight is 362 g/mol. The minimum absolute atomic E-state index is 0.139. The van der Waals surface area contributed by atoms with E-state index in [2.05, 4.69) is 10.3 Å². The lowest BCUT2D eigenvalue weighted by Crippen LogP contribution is -2.51. The van der Waals surface area contributed by atoms with E-state index in [0.29, 0.717) is 44.0 Å². The first kappa shape index (κ1) is 17.3. The highest BCUT2D eigenvalue weighted by molar-refractivity contribution is 7.07. The Morgan fingerprint density at radius 1 is 1.28 bits per heavy atom. The summed E-state index contributed by atoms with van der Waals surface area (Å²) in [6.07, 6.45) is 0. The zero-order valence-electron chi connectivity index (χ0n) is 13.9. The maximum absolute atomic E-state index is 14.2. The molecule has 1 aliphatic heterocycles. The first-order valence-corrected chi connectivity index (χ1v) is 8.94. The van der Waals surface area contributed by atoms with E-state index in [4.69, 9.17) is 0 Å². The lowest BCUT2D eigenvalue weighted by molar-refractivity contribution is 0.101. The predicted octanol–water partition coefficient (Wildman–Crippen LogP) is 2.52. The second kappa shape index (κ2) is 7.60. The number of benzene rings is 1. The fourth-order valence-corrected chi connectivity index (χ4v) is 3.29. The summed E-state index contributed by atoms with van der Waals surface area (Å²) in [6.45, 7) is 3.93. The van der Waals surface area contributed by atoms with Crippen LogP contribution in [-0.4, -0.2) is 47.9 Å². The van der Waals surface area contributed by atoms with Gasteiger partial charge < -0.3 is 15.1 Å². The summed E-state index contributed by atoms with van der Waals surface area (Å²) in [6, 6.07) is 4.39. The largest absolute Gasteiger partial charge is 0.366 e. The third-order valence-corrected chi connectivity index (χ3v) is 4.80. The number of piperazine rings is 1. The smallest absolute Gasteiger partial charge is 0.317 e. The highest BCUT2D eigenvalue weighted by Crippen LogP contribution is 2.22. The van der Waals surface area contributed by atoms with Crippen LogP contribution in [-0.2, 0) is 6.54 Å². The number of rotatable bonds is 4. The molecular weight excluding hydrogens is 343 g/mol. The summed E-state index contributed by atoms with van der Waals surface area (Å²) >= 11 is 1.49. The van der Waals surface area contributed by atoms with Gasteiger partial charge in [-0.1, -0.05) is 0 Å². The number of halogens is 1. The Kier molecular flexibility index (Phi) is 5.28. The number of nitrogens with one attached hydrogen (secondary N) is 1. The molecule has 0 aliphatic carbocycles. The van der Waals surface area contributed by atoms with Crippen molar-refractivity contribution in [2.45, 2.75) is 13.5 Å². The van der Waals surface area contributed by atoms with E-state index in [9.17, 15) is 14.0 Å². The molecular formula is C17H19FN4O2S. The molecule has 3 rings (SSSR count). The number of carbonyl (C=O) groups is 2. The highest BCUT2D eigenvalue weighted by atomic mass is 32.1. The zero-order chi connectivity index (χ0) is 17.8. The molecule has 0 unspecified atom stereocenters. The number of thiazole rings is 1. The molecule has 0 saturated carbocycles. The van der Waals surface area contributed by atoms with Crippen LogP contribution >= 0.6 is 11.3 Å². The fourth-order valence-electron chi connectivity index (χ4n) is 2.74. The number of carbonyl (C=O) groups excluding carboxylic acids is 2. The van der Waals surface area contributed by atoms with E-state index < -0.39 is 5.82 Å². The Balaban J connectivity index is 1.54. The normalized spacial score (nSPS) is 14.5. The average Bonchev–Trinajstić information content (AvgIpc) is 3.13. The molecule has 6 nitrogen and oxygen atoms in total. The summed E-state index contributed by atoms with van der Waals surface area (Å²) in [7, 11) is 0. The minimum Gasteiger partial charge on any atom is -0.366 e. The van der Waals surface area contributed by atoms with Gasteiger partial charge in [0.15, 0.2) is 5.78 Å². The van der Waals surface area contributed by atoms with Crippen molar-refractivity contribution >= 4 is 28.8 Å². The van der Waals surface area contributed by atoms with Gasteiger partial charge in [-0.05, 0) is 25.1 Å². The molecule has 1 aromatic heterocycles. The van der Waals surface area contributed by atoms with Crippen LogP contribution < -0.4 is 10.2 Å². The summed E-state index contributed by atoms with van der Waals surface area (Å²) in [4.78, 5) is 31.2. The Morgan fingerprint density at radius 3 is 2.64 bits per heavy atom. The summed E-state index contributed by atoms with van der Waals surface area (Å²) in [5.41, 5.74) is 3.39. The first-order chi connectivity index (χ1) is 12.0.